The van der Waals surface area contributed by atoms with Crippen LogP contribution in [-0.4, -0.2) is 9.55 Å². The lowest BCUT2D eigenvalue weighted by atomic mass is 9.68. The molecule has 40 heavy (non-hydrogen) atoms. The molecule has 0 aliphatic carbocycles. The number of hydrogen-bond donors (Lipinski definition) is 0. The third kappa shape index (κ3) is 10.9. The van der Waals surface area contributed by atoms with Gasteiger partial charge in [0.2, 0.25) is 0 Å². The molecule has 0 saturated heterocycles. The third-order valence-corrected chi connectivity index (χ3v) is 9.19. The van der Waals surface area contributed by atoms with Crippen molar-refractivity contribution in [3.63, 3.8) is 0 Å². The van der Waals surface area contributed by atoms with Crippen LogP contribution in [-0.2, 0) is 18.4 Å². The highest BCUT2D eigenvalue weighted by Gasteiger charge is 2.36. The monoisotopic (exact) mass is 542 g/mol. The molecule has 2 nitrogen and oxygen atoms in total. The molecule has 2 atom stereocenters. The summed E-state index contributed by atoms with van der Waals surface area (Å²) in [5.74, 6) is 1.54. The van der Waals surface area contributed by atoms with E-state index in [0.717, 1.165) is 13.0 Å². The summed E-state index contributed by atoms with van der Waals surface area (Å²) in [6.45, 7) is 8.18. The molecular formula is C38H58N2. The van der Waals surface area contributed by atoms with Crippen molar-refractivity contribution >= 4 is 0 Å². The zero-order valence-corrected chi connectivity index (χ0v) is 26.1. The van der Waals surface area contributed by atoms with E-state index in [1.54, 1.807) is 0 Å². The highest BCUT2D eigenvalue weighted by Crippen LogP contribution is 2.41. The largest absolute Gasteiger partial charge is 0.335 e. The molecule has 0 saturated carbocycles. The number of rotatable bonds is 22. The summed E-state index contributed by atoms with van der Waals surface area (Å²) in [4.78, 5) is 4.90. The third-order valence-electron chi connectivity index (χ3n) is 9.19. The van der Waals surface area contributed by atoms with Gasteiger partial charge in [-0.2, -0.15) is 0 Å². The van der Waals surface area contributed by atoms with Gasteiger partial charge < -0.3 is 4.57 Å². The summed E-state index contributed by atoms with van der Waals surface area (Å²) >= 11 is 0. The molecule has 0 radical (unpaired) electrons. The Balaban J connectivity index is 1.36. The SMILES string of the molecule is CCCCCCCCCCCCCCCCCCn1ccnc1C(C)C(C)(Cc1ccccc1)c1ccccc1. The average Bonchev–Trinajstić information content (AvgIpc) is 3.46. The van der Waals surface area contributed by atoms with Crippen LogP contribution in [0.25, 0.3) is 0 Å². The van der Waals surface area contributed by atoms with Crippen molar-refractivity contribution in [2.75, 3.05) is 0 Å². The summed E-state index contributed by atoms with van der Waals surface area (Å²) in [6, 6.07) is 22.0. The molecule has 3 aromatic rings. The minimum Gasteiger partial charge on any atom is -0.335 e. The van der Waals surface area contributed by atoms with Gasteiger partial charge in [-0.05, 0) is 24.0 Å². The Bertz CT molecular complexity index is 1010. The van der Waals surface area contributed by atoms with E-state index < -0.39 is 0 Å². The van der Waals surface area contributed by atoms with E-state index in [-0.39, 0.29) is 5.41 Å². The summed E-state index contributed by atoms with van der Waals surface area (Å²) in [6.07, 6.45) is 27.8. The molecule has 0 aliphatic heterocycles. The van der Waals surface area contributed by atoms with E-state index in [0.29, 0.717) is 5.92 Å². The Labute approximate surface area is 247 Å². The lowest BCUT2D eigenvalue weighted by Gasteiger charge is -2.36. The molecule has 3 rings (SSSR count). The number of nitrogens with zero attached hydrogens (tertiary/aromatic N) is 2. The molecule has 0 amide bonds. The molecule has 1 aromatic heterocycles. The molecule has 2 aromatic carbocycles. The lowest BCUT2D eigenvalue weighted by molar-refractivity contribution is 0.366. The lowest BCUT2D eigenvalue weighted by Crippen LogP contribution is -2.33. The molecule has 2 unspecified atom stereocenters. The Hall–Kier alpha value is -2.35. The Morgan fingerprint density at radius 1 is 0.650 bits per heavy atom. The first-order valence-electron chi connectivity index (χ1n) is 16.8. The molecule has 1 heterocycles. The summed E-state index contributed by atoms with van der Waals surface area (Å²) in [5, 5.41) is 0. The van der Waals surface area contributed by atoms with Crippen molar-refractivity contribution < 1.29 is 0 Å². The van der Waals surface area contributed by atoms with Crippen LogP contribution in [0.2, 0.25) is 0 Å². The van der Waals surface area contributed by atoms with Crippen LogP contribution in [0.5, 0.6) is 0 Å². The number of imidazole rings is 1. The van der Waals surface area contributed by atoms with Crippen LogP contribution in [0.3, 0.4) is 0 Å². The van der Waals surface area contributed by atoms with Crippen LogP contribution in [0.4, 0.5) is 0 Å². The second-order valence-electron chi connectivity index (χ2n) is 12.4. The van der Waals surface area contributed by atoms with Crippen LogP contribution >= 0.6 is 0 Å². The maximum atomic E-state index is 4.90. The topological polar surface area (TPSA) is 17.8 Å². The zero-order valence-electron chi connectivity index (χ0n) is 26.1. The van der Waals surface area contributed by atoms with Crippen LogP contribution in [0, 0.1) is 0 Å². The van der Waals surface area contributed by atoms with E-state index in [1.807, 2.05) is 6.20 Å². The van der Waals surface area contributed by atoms with Gasteiger partial charge in [0.1, 0.15) is 5.82 Å². The molecule has 0 aliphatic rings. The number of benzene rings is 2. The van der Waals surface area contributed by atoms with Gasteiger partial charge in [-0.25, -0.2) is 4.98 Å². The first-order valence-corrected chi connectivity index (χ1v) is 16.8. The van der Waals surface area contributed by atoms with E-state index in [1.165, 1.54) is 120 Å². The second kappa shape index (κ2) is 18.9. The van der Waals surface area contributed by atoms with Gasteiger partial charge in [-0.1, -0.05) is 178 Å². The van der Waals surface area contributed by atoms with E-state index in [4.69, 9.17) is 4.98 Å². The maximum Gasteiger partial charge on any atom is 0.112 e. The molecule has 220 valence electrons. The fourth-order valence-corrected chi connectivity index (χ4v) is 6.35. The Morgan fingerprint density at radius 2 is 1.12 bits per heavy atom. The van der Waals surface area contributed by atoms with Gasteiger partial charge in [0.15, 0.2) is 0 Å². The summed E-state index contributed by atoms with van der Waals surface area (Å²) in [7, 11) is 0. The summed E-state index contributed by atoms with van der Waals surface area (Å²) < 4.78 is 2.43. The van der Waals surface area contributed by atoms with Crippen molar-refractivity contribution in [1.82, 2.24) is 9.55 Å². The predicted octanol–water partition coefficient (Wildman–Crippen LogP) is 11.4. The van der Waals surface area contributed by atoms with Crippen molar-refractivity contribution in [2.24, 2.45) is 0 Å². The highest BCUT2D eigenvalue weighted by molar-refractivity contribution is 5.32. The number of unbranched alkanes of at least 4 members (excludes halogenated alkanes) is 15. The Morgan fingerprint density at radius 3 is 1.65 bits per heavy atom. The molecular weight excluding hydrogens is 484 g/mol. The van der Waals surface area contributed by atoms with Crippen molar-refractivity contribution in [1.29, 1.82) is 0 Å². The first kappa shape index (κ1) is 32.2. The van der Waals surface area contributed by atoms with Crippen molar-refractivity contribution in [3.8, 4) is 0 Å². The van der Waals surface area contributed by atoms with Crippen molar-refractivity contribution in [2.45, 2.75) is 148 Å². The quantitative estimate of drug-likeness (QED) is 0.115. The smallest absolute Gasteiger partial charge is 0.112 e. The number of hydrogen-bond acceptors (Lipinski definition) is 1. The van der Waals surface area contributed by atoms with E-state index in [9.17, 15) is 0 Å². The van der Waals surface area contributed by atoms with Gasteiger partial charge in [-0.15, -0.1) is 0 Å². The average molecular weight is 543 g/mol. The van der Waals surface area contributed by atoms with Gasteiger partial charge in [0.05, 0.1) is 0 Å². The molecule has 0 spiro atoms. The highest BCUT2D eigenvalue weighted by atomic mass is 15.1. The van der Waals surface area contributed by atoms with Crippen LogP contribution in [0.15, 0.2) is 73.1 Å². The first-order chi connectivity index (χ1) is 19.6. The molecule has 0 fully saturated rings. The van der Waals surface area contributed by atoms with Gasteiger partial charge >= 0.3 is 0 Å². The van der Waals surface area contributed by atoms with Gasteiger partial charge in [0, 0.05) is 30.3 Å². The summed E-state index contributed by atoms with van der Waals surface area (Å²) in [5.41, 5.74) is 2.75. The van der Waals surface area contributed by atoms with E-state index in [2.05, 4.69) is 92.2 Å². The molecule has 2 heteroatoms. The molecule has 0 N–H and O–H groups in total. The predicted molar refractivity (Wildman–Crippen MR) is 174 cm³/mol. The minimum atomic E-state index is -0.0274. The standard InChI is InChI=1S/C38H58N2/c1-4-5-6-7-8-9-10-11-12-13-14-15-16-17-18-25-31-40-32-30-39-37(40)34(2)38(3,36-28-23-20-24-29-36)33-35-26-21-19-22-27-35/h19-24,26-30,32,34H,4-18,25,31,33H2,1-3H3. The fraction of sp³-hybridized carbons (Fsp3) is 0.605. The number of aryl methyl sites for hydroxylation is 1. The Kier molecular flexibility index (Phi) is 15.2. The maximum absolute atomic E-state index is 4.90. The van der Waals surface area contributed by atoms with Crippen LogP contribution in [0.1, 0.15) is 146 Å². The minimum absolute atomic E-state index is 0.0274. The van der Waals surface area contributed by atoms with Gasteiger partial charge in [-0.3, -0.25) is 0 Å². The normalized spacial score (nSPS) is 13.8. The van der Waals surface area contributed by atoms with Crippen molar-refractivity contribution in [3.05, 3.63) is 90.0 Å². The zero-order chi connectivity index (χ0) is 28.3. The van der Waals surface area contributed by atoms with Crippen LogP contribution < -0.4 is 0 Å². The number of aromatic nitrogens is 2. The molecule has 0 bridgehead atoms. The fourth-order valence-electron chi connectivity index (χ4n) is 6.35. The van der Waals surface area contributed by atoms with Gasteiger partial charge in [0.25, 0.3) is 0 Å². The second-order valence-corrected chi connectivity index (χ2v) is 12.4. The van der Waals surface area contributed by atoms with E-state index >= 15 is 0 Å².